The third kappa shape index (κ3) is 3.00. The molecule has 1 aromatic heterocycles. The lowest BCUT2D eigenvalue weighted by Gasteiger charge is -2.12. The molecule has 0 saturated carbocycles. The van der Waals surface area contributed by atoms with Gasteiger partial charge in [-0.25, -0.2) is 4.79 Å². The quantitative estimate of drug-likeness (QED) is 0.636. The van der Waals surface area contributed by atoms with Gasteiger partial charge in [0, 0.05) is 11.3 Å². The summed E-state index contributed by atoms with van der Waals surface area (Å²) in [5, 5.41) is 2.78. The molecule has 0 spiro atoms. The van der Waals surface area contributed by atoms with Crippen LogP contribution in [0.1, 0.15) is 10.4 Å². The van der Waals surface area contributed by atoms with E-state index in [9.17, 15) is 9.59 Å². The minimum absolute atomic E-state index is 0.296. The smallest absolute Gasteiger partial charge is 0.323 e. The summed E-state index contributed by atoms with van der Waals surface area (Å²) in [6.07, 6.45) is 0. The number of rotatable bonds is 4. The van der Waals surface area contributed by atoms with E-state index in [1.807, 2.05) is 0 Å². The van der Waals surface area contributed by atoms with Crippen molar-refractivity contribution in [2.24, 2.45) is 0 Å². The van der Waals surface area contributed by atoms with E-state index in [1.54, 1.807) is 30.3 Å². The van der Waals surface area contributed by atoms with Crippen LogP contribution < -0.4 is 20.5 Å². The summed E-state index contributed by atoms with van der Waals surface area (Å²) < 4.78 is 11.1. The number of H-pyrrole nitrogens is 2. The van der Waals surface area contributed by atoms with Crippen molar-refractivity contribution in [1.29, 1.82) is 0 Å². The minimum atomic E-state index is -0.323. The molecule has 0 aliphatic carbocycles. The second kappa shape index (κ2) is 6.40. The summed E-state index contributed by atoms with van der Waals surface area (Å²) in [7, 11) is 3.02. The summed E-state index contributed by atoms with van der Waals surface area (Å²) in [6, 6.07) is 8.32. The largest absolute Gasteiger partial charge is 0.495 e. The van der Waals surface area contributed by atoms with Crippen molar-refractivity contribution in [3.63, 3.8) is 0 Å². The van der Waals surface area contributed by atoms with Crippen molar-refractivity contribution in [3.8, 4) is 11.5 Å². The number of carbonyl (C=O) groups is 1. The normalized spacial score (nSPS) is 10.6. The van der Waals surface area contributed by atoms with Crippen LogP contribution in [0.4, 0.5) is 5.69 Å². The number of anilines is 1. The minimum Gasteiger partial charge on any atom is -0.495 e. The van der Waals surface area contributed by atoms with Crippen LogP contribution in [0, 0.1) is 0 Å². The van der Waals surface area contributed by atoms with E-state index in [4.69, 9.17) is 9.47 Å². The fourth-order valence-corrected chi connectivity index (χ4v) is 2.87. The first-order valence-corrected chi connectivity index (χ1v) is 7.76. The topological polar surface area (TPSA) is 96.2 Å². The summed E-state index contributed by atoms with van der Waals surface area (Å²) in [5.74, 6) is 0.658. The Bertz CT molecular complexity index is 952. The number of benzene rings is 2. The van der Waals surface area contributed by atoms with Crippen LogP contribution in [-0.4, -0.2) is 30.1 Å². The van der Waals surface area contributed by atoms with Crippen molar-refractivity contribution >= 4 is 38.6 Å². The van der Waals surface area contributed by atoms with Crippen molar-refractivity contribution in [3.05, 3.63) is 50.9 Å². The fourth-order valence-electron chi connectivity index (χ4n) is 2.31. The number of nitrogens with one attached hydrogen (secondary N) is 3. The Morgan fingerprint density at radius 2 is 1.67 bits per heavy atom. The number of fused-ring (bicyclic) bond motifs is 1. The van der Waals surface area contributed by atoms with E-state index in [2.05, 4.69) is 31.2 Å². The highest BCUT2D eigenvalue weighted by Gasteiger charge is 2.15. The summed E-state index contributed by atoms with van der Waals surface area (Å²) in [4.78, 5) is 29.1. The Kier molecular flexibility index (Phi) is 4.30. The third-order valence-corrected chi connectivity index (χ3v) is 4.26. The lowest BCUT2D eigenvalue weighted by atomic mass is 10.1. The van der Waals surface area contributed by atoms with Crippen LogP contribution in [0.5, 0.6) is 11.5 Å². The van der Waals surface area contributed by atoms with Gasteiger partial charge >= 0.3 is 5.69 Å². The van der Waals surface area contributed by atoms with Gasteiger partial charge in [-0.2, -0.15) is 0 Å². The molecule has 1 heterocycles. The molecule has 7 nitrogen and oxygen atoms in total. The molecule has 0 fully saturated rings. The molecule has 0 atom stereocenters. The molecule has 24 heavy (non-hydrogen) atoms. The van der Waals surface area contributed by atoms with Gasteiger partial charge in [-0.15, -0.1) is 0 Å². The van der Waals surface area contributed by atoms with Crippen LogP contribution in [0.15, 0.2) is 39.6 Å². The van der Waals surface area contributed by atoms with Gasteiger partial charge in [0.15, 0.2) is 0 Å². The number of halogens is 1. The lowest BCUT2D eigenvalue weighted by Crippen LogP contribution is -2.12. The first-order valence-electron chi connectivity index (χ1n) is 6.96. The van der Waals surface area contributed by atoms with Gasteiger partial charge < -0.3 is 24.8 Å². The lowest BCUT2D eigenvalue weighted by molar-refractivity contribution is 0.102. The Morgan fingerprint density at radius 3 is 2.29 bits per heavy atom. The highest BCUT2D eigenvalue weighted by atomic mass is 79.9. The molecule has 0 radical (unpaired) electrons. The molecule has 0 aliphatic heterocycles. The van der Waals surface area contributed by atoms with E-state index in [0.29, 0.717) is 38.3 Å². The fraction of sp³-hybridized carbons (Fsp3) is 0.125. The number of carbonyl (C=O) groups excluding carboxylic acids is 1. The van der Waals surface area contributed by atoms with Gasteiger partial charge in [-0.1, -0.05) is 0 Å². The first kappa shape index (κ1) is 16.1. The molecular formula is C16H14BrN3O4. The molecule has 8 heteroatoms. The summed E-state index contributed by atoms with van der Waals surface area (Å²) >= 11 is 3.36. The predicted octanol–water partition coefficient (Wildman–Crippen LogP) is 2.89. The standard InChI is InChI=1S/C16H14BrN3O4/c1-23-12-5-8(6-13(24-2)14(12)17)15(21)18-9-3-4-10-11(7-9)20-16(22)19-10/h3-7H,1-2H3,(H,18,21)(H2,19,20,22). The Labute approximate surface area is 145 Å². The number of amides is 1. The van der Waals surface area contributed by atoms with Gasteiger partial charge in [-0.05, 0) is 46.3 Å². The molecule has 2 aromatic carbocycles. The van der Waals surface area contributed by atoms with Crippen LogP contribution in [0.25, 0.3) is 11.0 Å². The van der Waals surface area contributed by atoms with E-state index < -0.39 is 0 Å². The van der Waals surface area contributed by atoms with E-state index >= 15 is 0 Å². The zero-order valence-electron chi connectivity index (χ0n) is 12.9. The van der Waals surface area contributed by atoms with Crippen molar-refractivity contribution in [1.82, 2.24) is 9.97 Å². The molecule has 3 rings (SSSR count). The second-order valence-electron chi connectivity index (χ2n) is 4.99. The van der Waals surface area contributed by atoms with Crippen LogP contribution in [0.3, 0.4) is 0 Å². The van der Waals surface area contributed by atoms with Gasteiger partial charge in [0.05, 0.1) is 25.3 Å². The number of imidazole rings is 1. The van der Waals surface area contributed by atoms with Crippen molar-refractivity contribution < 1.29 is 14.3 Å². The van der Waals surface area contributed by atoms with Crippen molar-refractivity contribution in [2.45, 2.75) is 0 Å². The average molecular weight is 392 g/mol. The summed E-state index contributed by atoms with van der Waals surface area (Å²) in [6.45, 7) is 0. The first-order chi connectivity index (χ1) is 11.5. The monoisotopic (exact) mass is 391 g/mol. The molecule has 124 valence electrons. The maximum Gasteiger partial charge on any atom is 0.323 e. The number of ether oxygens (including phenoxy) is 2. The maximum absolute atomic E-state index is 12.5. The molecular weight excluding hydrogens is 378 g/mol. The molecule has 3 N–H and O–H groups in total. The van der Waals surface area contributed by atoms with Gasteiger partial charge in [0.25, 0.3) is 5.91 Å². The van der Waals surface area contributed by atoms with Crippen LogP contribution in [0.2, 0.25) is 0 Å². The Hall–Kier alpha value is -2.74. The zero-order valence-corrected chi connectivity index (χ0v) is 14.5. The molecule has 3 aromatic rings. The number of methoxy groups -OCH3 is 2. The second-order valence-corrected chi connectivity index (χ2v) is 5.78. The van der Waals surface area contributed by atoms with Crippen LogP contribution >= 0.6 is 15.9 Å². The Morgan fingerprint density at radius 1 is 1.04 bits per heavy atom. The van der Waals surface area contributed by atoms with Crippen LogP contribution in [-0.2, 0) is 0 Å². The SMILES string of the molecule is COc1cc(C(=O)Nc2ccc3[nH]c(=O)[nH]c3c2)cc(OC)c1Br. The number of aromatic amines is 2. The van der Waals surface area contributed by atoms with Gasteiger partial charge in [-0.3, -0.25) is 4.79 Å². The number of aromatic nitrogens is 2. The molecule has 0 bridgehead atoms. The van der Waals surface area contributed by atoms with Gasteiger partial charge in [0.2, 0.25) is 0 Å². The molecule has 1 amide bonds. The van der Waals surface area contributed by atoms with Gasteiger partial charge in [0.1, 0.15) is 16.0 Å². The highest BCUT2D eigenvalue weighted by Crippen LogP contribution is 2.35. The van der Waals surface area contributed by atoms with E-state index in [1.165, 1.54) is 14.2 Å². The Balaban J connectivity index is 1.91. The third-order valence-electron chi connectivity index (χ3n) is 3.48. The number of hydrogen-bond donors (Lipinski definition) is 3. The predicted molar refractivity (Wildman–Crippen MR) is 94.1 cm³/mol. The van der Waals surface area contributed by atoms with E-state index in [0.717, 1.165) is 0 Å². The molecule has 0 aliphatic rings. The zero-order chi connectivity index (χ0) is 17.3. The molecule has 0 unspecified atom stereocenters. The summed E-state index contributed by atoms with van der Waals surface area (Å²) in [5.41, 5.74) is 1.93. The van der Waals surface area contributed by atoms with E-state index in [-0.39, 0.29) is 11.6 Å². The average Bonchev–Trinajstić information content (AvgIpc) is 2.94. The highest BCUT2D eigenvalue weighted by molar-refractivity contribution is 9.10. The maximum atomic E-state index is 12.5. The van der Waals surface area contributed by atoms with Crippen molar-refractivity contribution in [2.75, 3.05) is 19.5 Å². The molecule has 0 saturated heterocycles. The number of hydrogen-bond acceptors (Lipinski definition) is 4.